The zero-order chi connectivity index (χ0) is 13.0. The summed E-state index contributed by atoms with van der Waals surface area (Å²) in [5.74, 6) is 0.127. The zero-order valence-corrected chi connectivity index (χ0v) is 12.7. The summed E-state index contributed by atoms with van der Waals surface area (Å²) in [6, 6.07) is 16.1. The molecule has 0 radical (unpaired) electrons. The smallest absolute Gasteiger partial charge is 0.0502 e. The fourth-order valence-corrected chi connectivity index (χ4v) is 2.41. The lowest BCUT2D eigenvalue weighted by atomic mass is 9.93. The second-order valence-corrected chi connectivity index (χ2v) is 5.94. The summed E-state index contributed by atoms with van der Waals surface area (Å²) in [5.41, 5.74) is 2.37. The van der Waals surface area contributed by atoms with Gasteiger partial charge in [-0.05, 0) is 64.4 Å². The number of aliphatic hydroxyl groups excluding tert-OH is 1. The first-order valence-electron chi connectivity index (χ1n) is 5.80. The molecule has 2 rings (SSSR count). The van der Waals surface area contributed by atoms with Gasteiger partial charge in [0.2, 0.25) is 0 Å². The minimum Gasteiger partial charge on any atom is -0.396 e. The van der Waals surface area contributed by atoms with Crippen LogP contribution in [-0.2, 0) is 6.42 Å². The van der Waals surface area contributed by atoms with Crippen molar-refractivity contribution in [2.24, 2.45) is 0 Å². The normalized spacial score (nSPS) is 12.4. The van der Waals surface area contributed by atoms with Crippen molar-refractivity contribution in [3.8, 4) is 0 Å². The van der Waals surface area contributed by atoms with Crippen molar-refractivity contribution >= 4 is 34.2 Å². The second kappa shape index (κ2) is 6.55. The van der Waals surface area contributed by atoms with Crippen LogP contribution < -0.4 is 0 Å². The van der Waals surface area contributed by atoms with E-state index in [0.717, 1.165) is 17.0 Å². The maximum Gasteiger partial charge on any atom is 0.0502 e. The topological polar surface area (TPSA) is 20.2 Å². The van der Waals surface area contributed by atoms with E-state index in [-0.39, 0.29) is 12.5 Å². The molecule has 1 nitrogen and oxygen atoms in total. The van der Waals surface area contributed by atoms with Crippen LogP contribution in [0.3, 0.4) is 0 Å². The highest BCUT2D eigenvalue weighted by Crippen LogP contribution is 2.22. The summed E-state index contributed by atoms with van der Waals surface area (Å²) >= 11 is 8.16. The van der Waals surface area contributed by atoms with E-state index in [0.29, 0.717) is 0 Å². The molecule has 0 saturated carbocycles. The van der Waals surface area contributed by atoms with Crippen molar-refractivity contribution in [2.45, 2.75) is 12.3 Å². The van der Waals surface area contributed by atoms with E-state index in [9.17, 15) is 5.11 Å². The molecule has 0 saturated heterocycles. The van der Waals surface area contributed by atoms with Gasteiger partial charge >= 0.3 is 0 Å². The Bertz CT molecular complexity index is 493. The van der Waals surface area contributed by atoms with Crippen LogP contribution in [0.1, 0.15) is 17.0 Å². The average Bonchev–Trinajstić information content (AvgIpc) is 2.39. The zero-order valence-electron chi connectivity index (χ0n) is 9.81. The molecule has 2 aromatic rings. The first-order chi connectivity index (χ1) is 8.69. The largest absolute Gasteiger partial charge is 0.396 e. The molecule has 0 heterocycles. The fourth-order valence-electron chi connectivity index (χ4n) is 1.93. The molecule has 1 unspecified atom stereocenters. The Morgan fingerprint density at radius 2 is 1.61 bits per heavy atom. The molecule has 0 amide bonds. The highest BCUT2D eigenvalue weighted by molar-refractivity contribution is 14.1. The number of halogens is 2. The van der Waals surface area contributed by atoms with Gasteiger partial charge < -0.3 is 5.11 Å². The molecule has 0 aliphatic carbocycles. The number of hydrogen-bond donors (Lipinski definition) is 1. The van der Waals surface area contributed by atoms with Gasteiger partial charge in [-0.25, -0.2) is 0 Å². The molecule has 0 bridgehead atoms. The van der Waals surface area contributed by atoms with Gasteiger partial charge in [-0.15, -0.1) is 0 Å². The number of hydrogen-bond acceptors (Lipinski definition) is 1. The quantitative estimate of drug-likeness (QED) is 0.795. The number of rotatable bonds is 4. The molecule has 0 aliphatic heterocycles. The SMILES string of the molecule is OCC(Cc1ccc(I)cc1)c1ccc(Cl)cc1. The van der Waals surface area contributed by atoms with Crippen LogP contribution >= 0.6 is 34.2 Å². The van der Waals surface area contributed by atoms with E-state index in [2.05, 4.69) is 46.9 Å². The predicted octanol–water partition coefficient (Wildman–Crippen LogP) is 4.26. The monoisotopic (exact) mass is 372 g/mol. The van der Waals surface area contributed by atoms with Gasteiger partial charge in [0.05, 0.1) is 6.61 Å². The summed E-state index contributed by atoms with van der Waals surface area (Å²) in [7, 11) is 0. The summed E-state index contributed by atoms with van der Waals surface area (Å²) in [6.07, 6.45) is 0.842. The highest BCUT2D eigenvalue weighted by atomic mass is 127. The number of benzene rings is 2. The maximum absolute atomic E-state index is 9.53. The third-order valence-electron chi connectivity index (χ3n) is 2.96. The molecule has 0 aromatic heterocycles. The van der Waals surface area contributed by atoms with E-state index in [4.69, 9.17) is 11.6 Å². The van der Waals surface area contributed by atoms with Crippen LogP contribution in [0.25, 0.3) is 0 Å². The molecule has 3 heteroatoms. The lowest BCUT2D eigenvalue weighted by Gasteiger charge is -2.15. The molecule has 0 spiro atoms. The first-order valence-corrected chi connectivity index (χ1v) is 7.25. The Labute approximate surface area is 126 Å². The van der Waals surface area contributed by atoms with Crippen molar-refractivity contribution in [1.82, 2.24) is 0 Å². The standard InChI is InChI=1S/C15H14ClIO/c16-14-5-3-12(4-6-14)13(10-18)9-11-1-7-15(17)8-2-11/h1-8,13,18H,9-10H2. The molecule has 18 heavy (non-hydrogen) atoms. The molecule has 0 fully saturated rings. The van der Waals surface area contributed by atoms with Gasteiger partial charge in [-0.1, -0.05) is 35.9 Å². The Morgan fingerprint density at radius 1 is 1.00 bits per heavy atom. The van der Waals surface area contributed by atoms with Gasteiger partial charge in [0.1, 0.15) is 0 Å². The van der Waals surface area contributed by atoms with Crippen LogP contribution in [-0.4, -0.2) is 11.7 Å². The summed E-state index contributed by atoms with van der Waals surface area (Å²) < 4.78 is 1.23. The van der Waals surface area contributed by atoms with Gasteiger partial charge in [0.15, 0.2) is 0 Å². The van der Waals surface area contributed by atoms with E-state index in [1.165, 1.54) is 9.13 Å². The van der Waals surface area contributed by atoms with E-state index in [1.54, 1.807) is 0 Å². The third-order valence-corrected chi connectivity index (χ3v) is 3.93. The van der Waals surface area contributed by atoms with Crippen LogP contribution in [0, 0.1) is 3.57 Å². The Morgan fingerprint density at radius 3 is 2.17 bits per heavy atom. The molecule has 0 aliphatic rings. The van der Waals surface area contributed by atoms with E-state index >= 15 is 0 Å². The highest BCUT2D eigenvalue weighted by Gasteiger charge is 2.11. The molecule has 2 aromatic carbocycles. The van der Waals surface area contributed by atoms with Crippen LogP contribution in [0.4, 0.5) is 0 Å². The minimum absolute atomic E-state index is 0.127. The lowest BCUT2D eigenvalue weighted by molar-refractivity contribution is 0.264. The van der Waals surface area contributed by atoms with Crippen LogP contribution in [0.15, 0.2) is 48.5 Å². The van der Waals surface area contributed by atoms with E-state index < -0.39 is 0 Å². The second-order valence-electron chi connectivity index (χ2n) is 4.26. The Hall–Kier alpha value is -0.580. The van der Waals surface area contributed by atoms with Gasteiger partial charge in [-0.2, -0.15) is 0 Å². The maximum atomic E-state index is 9.53. The third kappa shape index (κ3) is 3.70. The number of aliphatic hydroxyl groups is 1. The molecular formula is C15H14ClIO. The molecule has 1 N–H and O–H groups in total. The minimum atomic E-state index is 0.127. The summed E-state index contributed by atoms with van der Waals surface area (Å²) in [6.45, 7) is 0.146. The van der Waals surface area contributed by atoms with Crippen molar-refractivity contribution in [1.29, 1.82) is 0 Å². The Balaban J connectivity index is 2.14. The first kappa shape index (κ1) is 13.8. The fraction of sp³-hybridized carbons (Fsp3) is 0.200. The van der Waals surface area contributed by atoms with Crippen LogP contribution in [0.5, 0.6) is 0 Å². The van der Waals surface area contributed by atoms with Gasteiger partial charge in [0.25, 0.3) is 0 Å². The molecule has 94 valence electrons. The molecular weight excluding hydrogens is 359 g/mol. The molecule has 1 atom stereocenters. The van der Waals surface area contributed by atoms with Gasteiger partial charge in [-0.3, -0.25) is 0 Å². The van der Waals surface area contributed by atoms with E-state index in [1.807, 2.05) is 24.3 Å². The predicted molar refractivity (Wildman–Crippen MR) is 84.1 cm³/mol. The summed E-state index contributed by atoms with van der Waals surface area (Å²) in [4.78, 5) is 0. The van der Waals surface area contributed by atoms with Crippen molar-refractivity contribution in [3.63, 3.8) is 0 Å². The van der Waals surface area contributed by atoms with Gasteiger partial charge in [0, 0.05) is 14.5 Å². The lowest BCUT2D eigenvalue weighted by Crippen LogP contribution is -2.07. The van der Waals surface area contributed by atoms with Crippen molar-refractivity contribution in [2.75, 3.05) is 6.61 Å². The Kier molecular flexibility index (Phi) is 5.03. The average molecular weight is 373 g/mol. The van der Waals surface area contributed by atoms with Crippen molar-refractivity contribution < 1.29 is 5.11 Å². The van der Waals surface area contributed by atoms with Crippen molar-refractivity contribution in [3.05, 3.63) is 68.3 Å². The van der Waals surface area contributed by atoms with Crippen LogP contribution in [0.2, 0.25) is 5.02 Å². The summed E-state index contributed by atoms with van der Waals surface area (Å²) in [5, 5.41) is 10.3.